The molecule has 0 aromatic rings. The van der Waals surface area contributed by atoms with Gasteiger partial charge in [0.05, 0.1) is 0 Å². The molecule has 0 bridgehead atoms. The van der Waals surface area contributed by atoms with Crippen molar-refractivity contribution in [2.24, 2.45) is 0 Å². The molecular weight excluding hydrogens is 256 g/mol. The van der Waals surface area contributed by atoms with Crippen LogP contribution < -0.4 is 0 Å². The first kappa shape index (κ1) is 17.5. The van der Waals surface area contributed by atoms with Gasteiger partial charge in [-0.25, -0.2) is 0 Å². The molecule has 0 N–H and O–H groups in total. The summed E-state index contributed by atoms with van der Waals surface area (Å²) in [6.45, 7) is 29.4. The van der Waals surface area contributed by atoms with Gasteiger partial charge >= 0.3 is 113 Å². The normalized spacial score (nSPS) is 17.2. The van der Waals surface area contributed by atoms with Crippen LogP contribution in [0.2, 0.25) is 17.3 Å². The Balaban J connectivity index is 6.37. The van der Waals surface area contributed by atoms with Gasteiger partial charge in [-0.2, -0.15) is 0 Å². The minimum atomic E-state index is -0.792. The monoisotopic (exact) mass is 291 g/mol. The SMILES string of the molecule is C[C](C)(C)[Cu]([C](C)(C)C)([C](C)(C)C)[C](C)(C)C. The second kappa shape index (κ2) is 4.27. The van der Waals surface area contributed by atoms with Crippen molar-refractivity contribution in [3.63, 3.8) is 0 Å². The maximum atomic E-state index is 2.45. The summed E-state index contributed by atoms with van der Waals surface area (Å²) in [5, 5.41) is 0. The molecule has 0 aromatic heterocycles. The zero-order chi connectivity index (χ0) is 14.5. The summed E-state index contributed by atoms with van der Waals surface area (Å²) >= 11 is -0.792. The topological polar surface area (TPSA) is 0 Å². The molecule has 0 unspecified atom stereocenters. The molecule has 0 heterocycles. The fourth-order valence-corrected chi connectivity index (χ4v) is 16.8. The van der Waals surface area contributed by atoms with E-state index in [1.165, 1.54) is 0 Å². The van der Waals surface area contributed by atoms with Crippen LogP contribution >= 0.6 is 0 Å². The summed E-state index contributed by atoms with van der Waals surface area (Å²) in [6.07, 6.45) is 0. The summed E-state index contributed by atoms with van der Waals surface area (Å²) in [4.78, 5) is 0. The van der Waals surface area contributed by atoms with E-state index in [0.717, 1.165) is 0 Å². The third-order valence-electron chi connectivity index (χ3n) is 2.71. The van der Waals surface area contributed by atoms with Crippen molar-refractivity contribution in [3.8, 4) is 0 Å². The van der Waals surface area contributed by atoms with E-state index in [0.29, 0.717) is 17.3 Å². The number of hydrogen-bond acceptors (Lipinski definition) is 0. The Hall–Kier alpha value is 0.519. The van der Waals surface area contributed by atoms with Gasteiger partial charge in [-0.05, 0) is 0 Å². The van der Waals surface area contributed by atoms with Crippen molar-refractivity contribution in [1.82, 2.24) is 0 Å². The van der Waals surface area contributed by atoms with Gasteiger partial charge in [0.1, 0.15) is 0 Å². The molecular formula is C16H36Cu. The molecule has 0 spiro atoms. The van der Waals surface area contributed by atoms with Gasteiger partial charge in [-0.1, -0.05) is 0 Å². The van der Waals surface area contributed by atoms with Crippen molar-refractivity contribution in [1.29, 1.82) is 0 Å². The Morgan fingerprint density at radius 3 is 0.471 bits per heavy atom. The van der Waals surface area contributed by atoms with Gasteiger partial charge < -0.3 is 0 Å². The van der Waals surface area contributed by atoms with E-state index >= 15 is 0 Å². The zero-order valence-corrected chi connectivity index (χ0v) is 15.2. The molecule has 0 rings (SSSR count). The predicted molar refractivity (Wildman–Crippen MR) is 78.9 cm³/mol. The Labute approximate surface area is 113 Å². The van der Waals surface area contributed by atoms with E-state index in [1.807, 2.05) is 0 Å². The van der Waals surface area contributed by atoms with Gasteiger partial charge in [0.15, 0.2) is 0 Å². The Bertz CT molecular complexity index is 198. The number of hydrogen-bond donors (Lipinski definition) is 0. The average molecular weight is 292 g/mol. The maximum absolute atomic E-state index is 2.45. The van der Waals surface area contributed by atoms with E-state index in [2.05, 4.69) is 83.1 Å². The van der Waals surface area contributed by atoms with Crippen LogP contribution in [0.5, 0.6) is 0 Å². The first-order valence-electron chi connectivity index (χ1n) is 6.60. The van der Waals surface area contributed by atoms with Gasteiger partial charge in [-0.3, -0.25) is 0 Å². The zero-order valence-electron chi connectivity index (χ0n) is 14.3. The Morgan fingerprint density at radius 1 is 0.353 bits per heavy atom. The molecule has 1 heteroatoms. The van der Waals surface area contributed by atoms with Crippen LogP contribution in [0.4, 0.5) is 0 Å². The quantitative estimate of drug-likeness (QED) is 0.421. The molecule has 0 amide bonds. The van der Waals surface area contributed by atoms with Crippen molar-refractivity contribution in [2.75, 3.05) is 0 Å². The fourth-order valence-electron chi connectivity index (χ4n) is 4.07. The molecule has 0 nitrogen and oxygen atoms in total. The second-order valence-corrected chi connectivity index (χ2v) is 15.3. The van der Waals surface area contributed by atoms with Crippen molar-refractivity contribution in [2.45, 2.75) is 100 Å². The van der Waals surface area contributed by atoms with Gasteiger partial charge in [0.25, 0.3) is 0 Å². The summed E-state index contributed by atoms with van der Waals surface area (Å²) in [7, 11) is 0. The van der Waals surface area contributed by atoms with Crippen LogP contribution in [-0.2, 0) is 12.8 Å². The first-order valence-corrected chi connectivity index (χ1v) is 8.49. The van der Waals surface area contributed by atoms with Crippen LogP contribution in [0.1, 0.15) is 83.1 Å². The Morgan fingerprint density at radius 2 is 0.471 bits per heavy atom. The van der Waals surface area contributed by atoms with Crippen LogP contribution in [0.25, 0.3) is 0 Å². The first-order chi connectivity index (χ1) is 7.00. The average Bonchev–Trinajstić information content (AvgIpc) is 1.67. The molecule has 111 valence electrons. The molecule has 0 fully saturated rings. The summed E-state index contributed by atoms with van der Waals surface area (Å²) in [5.74, 6) is 0. The standard InChI is InChI=1S/4C4H9.Cu/c4*1-4(2)3;/h4*1-3H3;. The van der Waals surface area contributed by atoms with Gasteiger partial charge in [0, 0.05) is 0 Å². The summed E-state index contributed by atoms with van der Waals surface area (Å²) in [6, 6.07) is 0. The van der Waals surface area contributed by atoms with E-state index < -0.39 is 12.8 Å². The van der Waals surface area contributed by atoms with E-state index in [-0.39, 0.29) is 0 Å². The third kappa shape index (κ3) is 2.61. The van der Waals surface area contributed by atoms with E-state index in [9.17, 15) is 0 Å². The third-order valence-corrected chi connectivity index (χ3v) is 11.2. The van der Waals surface area contributed by atoms with Crippen molar-refractivity contribution in [3.05, 3.63) is 0 Å². The van der Waals surface area contributed by atoms with Crippen molar-refractivity contribution >= 4 is 0 Å². The van der Waals surface area contributed by atoms with Crippen LogP contribution in [0.15, 0.2) is 0 Å². The van der Waals surface area contributed by atoms with Crippen molar-refractivity contribution < 1.29 is 12.8 Å². The Kier molecular flexibility index (Phi) is 4.40. The minimum absolute atomic E-state index is 0.344. The second-order valence-electron chi connectivity index (χ2n) is 8.26. The molecule has 0 radical (unpaired) electrons. The van der Waals surface area contributed by atoms with E-state index in [1.54, 1.807) is 0 Å². The molecule has 0 aliphatic rings. The van der Waals surface area contributed by atoms with Gasteiger partial charge in [0.2, 0.25) is 0 Å². The predicted octanol–water partition coefficient (Wildman–Crippen LogP) is 7.01. The summed E-state index contributed by atoms with van der Waals surface area (Å²) in [5.41, 5.74) is 0. The van der Waals surface area contributed by atoms with Gasteiger partial charge in [-0.15, -0.1) is 0 Å². The van der Waals surface area contributed by atoms with Crippen LogP contribution in [-0.4, -0.2) is 0 Å². The van der Waals surface area contributed by atoms with Crippen LogP contribution in [0.3, 0.4) is 0 Å². The molecule has 0 aromatic carbocycles. The van der Waals surface area contributed by atoms with E-state index in [4.69, 9.17) is 0 Å². The van der Waals surface area contributed by atoms with Crippen LogP contribution in [0, 0.1) is 0 Å². The molecule has 0 saturated carbocycles. The molecule has 0 atom stereocenters. The fraction of sp³-hybridized carbons (Fsp3) is 1.00. The molecule has 0 aliphatic heterocycles. The number of rotatable bonds is 0. The summed E-state index contributed by atoms with van der Waals surface area (Å²) < 4.78 is 1.38. The molecule has 0 saturated heterocycles. The molecule has 17 heavy (non-hydrogen) atoms. The molecule has 0 aliphatic carbocycles.